The van der Waals surface area contributed by atoms with E-state index in [2.05, 4.69) is 15.0 Å². The Hall–Kier alpha value is -1.68. The summed E-state index contributed by atoms with van der Waals surface area (Å²) in [5.41, 5.74) is 0. The molecule has 150 valence electrons. The van der Waals surface area contributed by atoms with Gasteiger partial charge in [0.05, 0.1) is 24.1 Å². The third kappa shape index (κ3) is 3.69. The molecule has 3 aliphatic rings. The summed E-state index contributed by atoms with van der Waals surface area (Å²) in [4.78, 5) is 22.3. The summed E-state index contributed by atoms with van der Waals surface area (Å²) in [6, 6.07) is -0.675. The Morgan fingerprint density at radius 3 is 2.59 bits per heavy atom. The molecule has 2 saturated heterocycles. The summed E-state index contributed by atoms with van der Waals surface area (Å²) >= 11 is 0. The minimum absolute atomic E-state index is 0.0211. The summed E-state index contributed by atoms with van der Waals surface area (Å²) in [6.45, 7) is 1.56. The van der Waals surface area contributed by atoms with Gasteiger partial charge >= 0.3 is 6.03 Å². The molecule has 10 heteroatoms. The first-order valence-electron chi connectivity index (χ1n) is 9.59. The first kappa shape index (κ1) is 18.7. The number of amides is 2. The van der Waals surface area contributed by atoms with Gasteiger partial charge in [0, 0.05) is 39.1 Å². The van der Waals surface area contributed by atoms with Gasteiger partial charge < -0.3 is 14.3 Å². The molecule has 27 heavy (non-hydrogen) atoms. The number of carbonyl (C=O) groups is 1. The first-order valence-corrected chi connectivity index (χ1v) is 11.4. The average molecular weight is 398 g/mol. The number of piperazine rings is 1. The molecule has 1 aromatic heterocycles. The van der Waals surface area contributed by atoms with Crippen LogP contribution in [0.25, 0.3) is 0 Å². The van der Waals surface area contributed by atoms with Crippen molar-refractivity contribution in [3.05, 3.63) is 11.7 Å². The lowest BCUT2D eigenvalue weighted by Gasteiger charge is -2.44. The normalized spacial score (nSPS) is 28.4. The number of rotatable bonds is 3. The molecule has 9 nitrogen and oxygen atoms in total. The highest BCUT2D eigenvalue weighted by atomic mass is 32.2. The highest BCUT2D eigenvalue weighted by Gasteiger charge is 2.48. The molecule has 0 bridgehead atoms. The number of aromatic nitrogens is 2. The van der Waals surface area contributed by atoms with E-state index in [0.717, 1.165) is 12.8 Å². The van der Waals surface area contributed by atoms with Gasteiger partial charge in [0.25, 0.3) is 0 Å². The van der Waals surface area contributed by atoms with Crippen molar-refractivity contribution < 1.29 is 17.7 Å². The fraction of sp³-hybridized carbons (Fsp3) is 0.824. The zero-order valence-electron chi connectivity index (χ0n) is 15.9. The Bertz CT molecular complexity index is 802. The van der Waals surface area contributed by atoms with Crippen LogP contribution in [0.3, 0.4) is 0 Å². The molecule has 2 amide bonds. The third-order valence-electron chi connectivity index (χ3n) is 5.95. The zero-order chi connectivity index (χ0) is 19.2. The van der Waals surface area contributed by atoms with Crippen LogP contribution in [0.5, 0.6) is 0 Å². The van der Waals surface area contributed by atoms with E-state index in [1.165, 1.54) is 17.7 Å². The second-order valence-electron chi connectivity index (χ2n) is 8.08. The van der Waals surface area contributed by atoms with E-state index in [1.54, 1.807) is 19.0 Å². The maximum Gasteiger partial charge on any atom is 0.319 e. The van der Waals surface area contributed by atoms with E-state index in [-0.39, 0.29) is 29.6 Å². The van der Waals surface area contributed by atoms with Crippen molar-refractivity contribution in [1.82, 2.24) is 24.8 Å². The molecule has 0 unspecified atom stereocenters. The topological polar surface area (TPSA) is 99.8 Å². The number of fused-ring (bicyclic) bond motifs is 1. The number of nitrogens with zero attached hydrogens (tertiary/aromatic N) is 5. The van der Waals surface area contributed by atoms with Crippen molar-refractivity contribution in [2.45, 2.75) is 50.2 Å². The summed E-state index contributed by atoms with van der Waals surface area (Å²) < 4.78 is 30.0. The van der Waals surface area contributed by atoms with E-state index in [9.17, 15) is 13.2 Å². The molecule has 4 rings (SSSR count). The second kappa shape index (κ2) is 7.05. The van der Waals surface area contributed by atoms with Crippen molar-refractivity contribution in [3.63, 3.8) is 0 Å². The lowest BCUT2D eigenvalue weighted by Crippen LogP contribution is -2.61. The lowest BCUT2D eigenvalue weighted by atomic mass is 10.1. The van der Waals surface area contributed by atoms with Crippen LogP contribution in [-0.2, 0) is 16.4 Å². The fourth-order valence-corrected chi connectivity index (χ4v) is 6.58. The smallest absolute Gasteiger partial charge is 0.319 e. The molecular weight excluding hydrogens is 370 g/mol. The molecule has 3 fully saturated rings. The molecule has 1 aliphatic carbocycles. The van der Waals surface area contributed by atoms with Crippen LogP contribution < -0.4 is 0 Å². The minimum atomic E-state index is -3.17. The van der Waals surface area contributed by atoms with Gasteiger partial charge in [-0.05, 0) is 12.8 Å². The Labute approximate surface area is 159 Å². The minimum Gasteiger partial charge on any atom is -0.339 e. The van der Waals surface area contributed by atoms with Gasteiger partial charge in [-0.3, -0.25) is 4.90 Å². The van der Waals surface area contributed by atoms with Crippen molar-refractivity contribution in [2.75, 3.05) is 38.7 Å². The molecule has 2 aliphatic heterocycles. The zero-order valence-corrected chi connectivity index (χ0v) is 16.7. The number of urea groups is 1. The van der Waals surface area contributed by atoms with Crippen molar-refractivity contribution in [3.8, 4) is 0 Å². The van der Waals surface area contributed by atoms with Gasteiger partial charge in [-0.2, -0.15) is 4.98 Å². The highest BCUT2D eigenvalue weighted by molar-refractivity contribution is 7.91. The van der Waals surface area contributed by atoms with E-state index in [4.69, 9.17) is 4.52 Å². The maximum absolute atomic E-state index is 12.5. The number of carbonyl (C=O) groups excluding carboxylic acids is 1. The molecule has 0 radical (unpaired) electrons. The van der Waals surface area contributed by atoms with E-state index in [0.29, 0.717) is 37.3 Å². The molecule has 0 aromatic carbocycles. The van der Waals surface area contributed by atoms with Crippen LogP contribution in [0.15, 0.2) is 4.52 Å². The Morgan fingerprint density at radius 2 is 1.89 bits per heavy atom. The predicted octanol–water partition coefficient (Wildman–Crippen LogP) is 0.692. The van der Waals surface area contributed by atoms with E-state index < -0.39 is 9.84 Å². The third-order valence-corrected chi connectivity index (χ3v) is 7.65. The largest absolute Gasteiger partial charge is 0.339 e. The first-order chi connectivity index (χ1) is 12.8. The lowest BCUT2D eigenvalue weighted by molar-refractivity contribution is 0.0502. The Balaban J connectivity index is 1.50. The molecule has 1 saturated carbocycles. The van der Waals surface area contributed by atoms with Gasteiger partial charge in [0.1, 0.15) is 0 Å². The van der Waals surface area contributed by atoms with Crippen LogP contribution >= 0.6 is 0 Å². The van der Waals surface area contributed by atoms with E-state index >= 15 is 0 Å². The van der Waals surface area contributed by atoms with Crippen molar-refractivity contribution in [1.29, 1.82) is 0 Å². The Kier molecular flexibility index (Phi) is 4.87. The van der Waals surface area contributed by atoms with Crippen LogP contribution in [0, 0.1) is 0 Å². The fourth-order valence-electron chi connectivity index (χ4n) is 4.57. The molecule has 3 heterocycles. The standard InChI is InChI=1S/C17H27N5O4S/c1-20(2)17(23)22-8-7-21(13-10-27(24,25)11-14(13)22)9-15-18-16(26-19-15)12-5-3-4-6-12/h12-14H,3-11H2,1-2H3/t13-,14+/m1/s1. The monoisotopic (exact) mass is 397 g/mol. The van der Waals surface area contributed by atoms with Crippen molar-refractivity contribution >= 4 is 15.9 Å². The quantitative estimate of drug-likeness (QED) is 0.740. The SMILES string of the molecule is CN(C)C(=O)N1CCN(Cc2noc(C3CCCC3)n2)[C@@H]2CS(=O)(=O)C[C@@H]21. The molecule has 0 spiro atoms. The summed E-state index contributed by atoms with van der Waals surface area (Å²) in [5, 5.41) is 4.12. The molecule has 1 aromatic rings. The average Bonchev–Trinajstić information content (AvgIpc) is 3.32. The predicted molar refractivity (Wildman–Crippen MR) is 97.9 cm³/mol. The summed E-state index contributed by atoms with van der Waals surface area (Å²) in [5.74, 6) is 1.77. The Morgan fingerprint density at radius 1 is 1.19 bits per heavy atom. The van der Waals surface area contributed by atoms with Gasteiger partial charge in [-0.25, -0.2) is 13.2 Å². The van der Waals surface area contributed by atoms with Crippen molar-refractivity contribution in [2.24, 2.45) is 0 Å². The van der Waals surface area contributed by atoms with Gasteiger partial charge in [0.2, 0.25) is 5.89 Å². The second-order valence-corrected chi connectivity index (χ2v) is 10.2. The van der Waals surface area contributed by atoms with E-state index in [1.807, 2.05) is 0 Å². The van der Waals surface area contributed by atoms with Crippen LogP contribution in [0.4, 0.5) is 4.79 Å². The summed E-state index contributed by atoms with van der Waals surface area (Å²) in [7, 11) is 0.211. The van der Waals surface area contributed by atoms with Crippen LogP contribution in [0.2, 0.25) is 0 Å². The van der Waals surface area contributed by atoms with Gasteiger partial charge in [-0.1, -0.05) is 18.0 Å². The summed E-state index contributed by atoms with van der Waals surface area (Å²) in [6.07, 6.45) is 4.59. The molecule has 0 N–H and O–H groups in total. The molecule has 2 atom stereocenters. The number of sulfone groups is 1. The van der Waals surface area contributed by atoms with Crippen LogP contribution in [0.1, 0.15) is 43.3 Å². The highest BCUT2D eigenvalue weighted by Crippen LogP contribution is 2.33. The number of hydrogen-bond acceptors (Lipinski definition) is 7. The van der Waals surface area contributed by atoms with Gasteiger partial charge in [0.15, 0.2) is 15.7 Å². The van der Waals surface area contributed by atoms with Crippen LogP contribution in [-0.4, -0.2) is 90.1 Å². The molecular formula is C17H27N5O4S. The number of hydrogen-bond donors (Lipinski definition) is 0. The maximum atomic E-state index is 12.5. The van der Waals surface area contributed by atoms with Gasteiger partial charge in [-0.15, -0.1) is 0 Å².